The normalized spacial score (nSPS) is 11.2. The lowest BCUT2D eigenvalue weighted by atomic mass is 10.0. The van der Waals surface area contributed by atoms with E-state index in [1.54, 1.807) is 25.3 Å². The van der Waals surface area contributed by atoms with Gasteiger partial charge < -0.3 is 4.74 Å². The number of hydrogen-bond donors (Lipinski definition) is 1. The van der Waals surface area contributed by atoms with Crippen molar-refractivity contribution in [2.75, 3.05) is 11.8 Å². The van der Waals surface area contributed by atoms with E-state index in [-0.39, 0.29) is 20.7 Å². The number of methoxy groups -OCH3 is 1. The number of nitro benzene ring substituents is 1. The molecule has 0 aliphatic carbocycles. The Kier molecular flexibility index (Phi) is 6.42. The molecule has 7 nitrogen and oxygen atoms in total. The van der Waals surface area contributed by atoms with Gasteiger partial charge in [-0.1, -0.05) is 29.8 Å². The van der Waals surface area contributed by atoms with Crippen LogP contribution in [-0.4, -0.2) is 20.5 Å². The second-order valence-corrected chi connectivity index (χ2v) is 9.21. The van der Waals surface area contributed by atoms with Crippen LogP contribution in [0.3, 0.4) is 0 Å². The largest absolute Gasteiger partial charge is 0.497 e. The number of nitrogens with one attached hydrogen (secondary N) is 1. The Morgan fingerprint density at radius 3 is 2.23 bits per heavy atom. The molecule has 3 rings (SSSR count). The van der Waals surface area contributed by atoms with Gasteiger partial charge in [-0.05, 0) is 70.7 Å². The topological polar surface area (TPSA) is 98.5 Å². The average molecular weight is 491 g/mol. The van der Waals surface area contributed by atoms with Crippen molar-refractivity contribution in [3.63, 3.8) is 0 Å². The molecule has 0 aliphatic heterocycles. The zero-order chi connectivity index (χ0) is 21.9. The van der Waals surface area contributed by atoms with E-state index in [0.29, 0.717) is 17.7 Å². The fourth-order valence-corrected chi connectivity index (χ4v) is 4.71. The van der Waals surface area contributed by atoms with Gasteiger partial charge in [0.2, 0.25) is 0 Å². The molecule has 0 aromatic heterocycles. The Bertz CT molecular complexity index is 1180. The van der Waals surface area contributed by atoms with Crippen LogP contribution in [0.25, 0.3) is 0 Å². The Morgan fingerprint density at radius 2 is 1.67 bits per heavy atom. The van der Waals surface area contributed by atoms with Crippen molar-refractivity contribution in [2.24, 2.45) is 0 Å². The molecule has 30 heavy (non-hydrogen) atoms. The van der Waals surface area contributed by atoms with Crippen molar-refractivity contribution in [3.8, 4) is 5.75 Å². The second-order valence-electron chi connectivity index (χ2n) is 6.67. The SMILES string of the molecule is COc1ccc(Cc2cc(Br)c(NS(=O)(=O)c3ccc(C)cc3)c([N+](=O)[O-])c2)cc1. The maximum Gasteiger partial charge on any atom is 0.294 e. The Labute approximate surface area is 183 Å². The van der Waals surface area contributed by atoms with Crippen molar-refractivity contribution < 1.29 is 18.1 Å². The summed E-state index contributed by atoms with van der Waals surface area (Å²) in [5.74, 6) is 0.715. The molecule has 0 fully saturated rings. The minimum absolute atomic E-state index is 0.0246. The molecule has 9 heteroatoms. The van der Waals surface area contributed by atoms with Crippen molar-refractivity contribution in [1.82, 2.24) is 0 Å². The highest BCUT2D eigenvalue weighted by atomic mass is 79.9. The summed E-state index contributed by atoms with van der Waals surface area (Å²) in [4.78, 5) is 11.1. The Hall–Kier alpha value is -2.91. The molecule has 1 N–H and O–H groups in total. The molecule has 0 saturated heterocycles. The highest BCUT2D eigenvalue weighted by Gasteiger charge is 2.24. The lowest BCUT2D eigenvalue weighted by molar-refractivity contribution is -0.384. The molecule has 0 radical (unpaired) electrons. The van der Waals surface area contributed by atoms with Crippen LogP contribution in [0.1, 0.15) is 16.7 Å². The van der Waals surface area contributed by atoms with Crippen LogP contribution >= 0.6 is 15.9 Å². The summed E-state index contributed by atoms with van der Waals surface area (Å²) in [6.45, 7) is 1.84. The van der Waals surface area contributed by atoms with Crippen molar-refractivity contribution in [1.29, 1.82) is 0 Å². The summed E-state index contributed by atoms with van der Waals surface area (Å²) in [5, 5.41) is 11.7. The first-order valence-electron chi connectivity index (χ1n) is 8.89. The summed E-state index contributed by atoms with van der Waals surface area (Å²) >= 11 is 3.29. The predicted octanol–water partition coefficient (Wildman–Crippen LogP) is 5.07. The van der Waals surface area contributed by atoms with Gasteiger partial charge in [-0.2, -0.15) is 0 Å². The number of benzene rings is 3. The van der Waals surface area contributed by atoms with Gasteiger partial charge in [-0.25, -0.2) is 8.42 Å². The second kappa shape index (κ2) is 8.85. The minimum Gasteiger partial charge on any atom is -0.497 e. The van der Waals surface area contributed by atoms with Gasteiger partial charge in [0.1, 0.15) is 11.4 Å². The molecule has 0 atom stereocenters. The fraction of sp³-hybridized carbons (Fsp3) is 0.143. The lowest BCUT2D eigenvalue weighted by Gasteiger charge is -2.12. The van der Waals surface area contributed by atoms with E-state index in [2.05, 4.69) is 20.7 Å². The molecular weight excluding hydrogens is 472 g/mol. The number of sulfonamides is 1. The molecule has 3 aromatic carbocycles. The Morgan fingerprint density at radius 1 is 1.03 bits per heavy atom. The van der Waals surface area contributed by atoms with Crippen LogP contribution in [0.4, 0.5) is 11.4 Å². The van der Waals surface area contributed by atoms with Crippen molar-refractivity contribution in [2.45, 2.75) is 18.2 Å². The molecule has 0 saturated carbocycles. The number of hydrogen-bond acceptors (Lipinski definition) is 5. The highest BCUT2D eigenvalue weighted by Crippen LogP contribution is 2.36. The quantitative estimate of drug-likeness (QED) is 0.368. The monoisotopic (exact) mass is 490 g/mol. The summed E-state index contributed by atoms with van der Waals surface area (Å²) in [5.41, 5.74) is 2.06. The van der Waals surface area contributed by atoms with Gasteiger partial charge in [-0.3, -0.25) is 14.8 Å². The van der Waals surface area contributed by atoms with Gasteiger partial charge in [0, 0.05) is 10.5 Å². The zero-order valence-electron chi connectivity index (χ0n) is 16.3. The maximum absolute atomic E-state index is 12.7. The number of nitrogens with zero attached hydrogens (tertiary/aromatic N) is 1. The van der Waals surface area contributed by atoms with E-state index >= 15 is 0 Å². The van der Waals surface area contributed by atoms with E-state index in [4.69, 9.17) is 4.74 Å². The summed E-state index contributed by atoms with van der Waals surface area (Å²) in [7, 11) is -2.41. The van der Waals surface area contributed by atoms with Crippen molar-refractivity contribution >= 4 is 37.3 Å². The lowest BCUT2D eigenvalue weighted by Crippen LogP contribution is -2.15. The van der Waals surface area contributed by atoms with Crippen LogP contribution in [0, 0.1) is 17.0 Å². The minimum atomic E-state index is -3.99. The zero-order valence-corrected chi connectivity index (χ0v) is 18.7. The van der Waals surface area contributed by atoms with Crippen molar-refractivity contribution in [3.05, 3.63) is 91.9 Å². The number of ether oxygens (including phenoxy) is 1. The summed E-state index contributed by atoms with van der Waals surface area (Å²) in [6.07, 6.45) is 0.439. The van der Waals surface area contributed by atoms with Crippen LogP contribution < -0.4 is 9.46 Å². The van der Waals surface area contributed by atoms with E-state index in [1.165, 1.54) is 18.2 Å². The molecule has 0 unspecified atom stereocenters. The van der Waals surface area contributed by atoms with Crippen LogP contribution in [0.15, 0.2) is 70.0 Å². The first-order chi connectivity index (χ1) is 14.2. The van der Waals surface area contributed by atoms with Gasteiger partial charge in [0.25, 0.3) is 15.7 Å². The number of nitro groups is 1. The summed E-state index contributed by atoms with van der Waals surface area (Å²) < 4.78 is 33.2. The predicted molar refractivity (Wildman–Crippen MR) is 119 cm³/mol. The third kappa shape index (κ3) is 4.98. The maximum atomic E-state index is 12.7. The standard InChI is InChI=1S/C21H19BrN2O5S/c1-14-3-9-18(10-4-14)30(27,28)23-21-19(22)12-16(13-20(21)24(25)26)11-15-5-7-17(29-2)8-6-15/h3-10,12-13,23H,11H2,1-2H3. The molecular formula is C21H19BrN2O5S. The van der Waals surface area contributed by atoms with Gasteiger partial charge in [0.15, 0.2) is 0 Å². The van der Waals surface area contributed by atoms with E-state index in [9.17, 15) is 18.5 Å². The molecule has 0 heterocycles. The van der Waals surface area contributed by atoms with Gasteiger partial charge in [-0.15, -0.1) is 0 Å². The summed E-state index contributed by atoms with van der Waals surface area (Å²) in [6, 6.07) is 16.6. The number of halogens is 1. The fourth-order valence-electron chi connectivity index (χ4n) is 2.88. The third-order valence-corrected chi connectivity index (χ3v) is 6.45. The smallest absolute Gasteiger partial charge is 0.294 e. The molecule has 0 bridgehead atoms. The molecule has 0 amide bonds. The first-order valence-corrected chi connectivity index (χ1v) is 11.2. The van der Waals surface area contributed by atoms with Crippen LogP contribution in [0.2, 0.25) is 0 Å². The number of aryl methyl sites for hydroxylation is 1. The third-order valence-electron chi connectivity index (χ3n) is 4.46. The molecule has 3 aromatic rings. The van der Waals surface area contributed by atoms with Crippen LogP contribution in [0.5, 0.6) is 5.75 Å². The Balaban J connectivity index is 1.95. The van der Waals surface area contributed by atoms with Crippen LogP contribution in [-0.2, 0) is 16.4 Å². The van der Waals surface area contributed by atoms with E-state index < -0.39 is 14.9 Å². The molecule has 156 valence electrons. The first kappa shape index (κ1) is 21.8. The number of anilines is 1. The van der Waals surface area contributed by atoms with Gasteiger partial charge in [0.05, 0.1) is 16.9 Å². The van der Waals surface area contributed by atoms with E-state index in [0.717, 1.165) is 11.1 Å². The molecule has 0 spiro atoms. The molecule has 0 aliphatic rings. The number of rotatable bonds is 7. The average Bonchev–Trinajstić information content (AvgIpc) is 2.70. The highest BCUT2D eigenvalue weighted by molar-refractivity contribution is 9.10. The van der Waals surface area contributed by atoms with Gasteiger partial charge >= 0.3 is 0 Å². The van der Waals surface area contributed by atoms with E-state index in [1.807, 2.05) is 31.2 Å².